The molecule has 0 aromatic carbocycles. The molecule has 114 valence electrons. The van der Waals surface area contributed by atoms with Crippen molar-refractivity contribution in [3.63, 3.8) is 0 Å². The summed E-state index contributed by atoms with van der Waals surface area (Å²) in [6, 6.07) is 3.41. The summed E-state index contributed by atoms with van der Waals surface area (Å²) in [7, 11) is 0. The Bertz CT molecular complexity index is 435. The molecule has 0 saturated heterocycles. The standard InChI is InChI=1S/C13H19F2NO3S/c1-13(2,11(17)18)5-6-16-7-9-3-4-10(19-9)8-20-12(14)15/h3-4,12,16H,5-8H2,1-2H3,(H,17,18). The lowest BCUT2D eigenvalue weighted by Gasteiger charge is -2.18. The zero-order valence-electron chi connectivity index (χ0n) is 11.5. The Labute approximate surface area is 120 Å². The minimum absolute atomic E-state index is 0.143. The van der Waals surface area contributed by atoms with Gasteiger partial charge in [-0.2, -0.15) is 8.78 Å². The van der Waals surface area contributed by atoms with Crippen LogP contribution in [0, 0.1) is 5.41 Å². The lowest BCUT2D eigenvalue weighted by molar-refractivity contribution is -0.147. The van der Waals surface area contributed by atoms with Crippen LogP contribution in [0.25, 0.3) is 0 Å². The summed E-state index contributed by atoms with van der Waals surface area (Å²) in [5, 5.41) is 12.0. The van der Waals surface area contributed by atoms with E-state index < -0.39 is 17.1 Å². The topological polar surface area (TPSA) is 62.5 Å². The van der Waals surface area contributed by atoms with Crippen molar-refractivity contribution in [3.8, 4) is 0 Å². The van der Waals surface area contributed by atoms with Gasteiger partial charge >= 0.3 is 5.97 Å². The minimum atomic E-state index is -2.40. The van der Waals surface area contributed by atoms with Crippen molar-refractivity contribution in [2.75, 3.05) is 6.54 Å². The van der Waals surface area contributed by atoms with Gasteiger partial charge in [0.1, 0.15) is 11.5 Å². The van der Waals surface area contributed by atoms with E-state index in [-0.39, 0.29) is 5.75 Å². The van der Waals surface area contributed by atoms with Gasteiger partial charge in [-0.25, -0.2) is 0 Å². The number of carbonyl (C=O) groups is 1. The number of hydrogen-bond acceptors (Lipinski definition) is 4. The molecule has 1 rings (SSSR count). The molecule has 7 heteroatoms. The van der Waals surface area contributed by atoms with Crippen molar-refractivity contribution >= 4 is 17.7 Å². The first kappa shape index (κ1) is 17.0. The maximum Gasteiger partial charge on any atom is 0.309 e. The maximum absolute atomic E-state index is 12.0. The average Bonchev–Trinajstić information content (AvgIpc) is 2.80. The maximum atomic E-state index is 12.0. The minimum Gasteiger partial charge on any atom is -0.481 e. The van der Waals surface area contributed by atoms with Crippen LogP contribution < -0.4 is 5.32 Å². The second-order valence-electron chi connectivity index (χ2n) is 5.06. The number of halogens is 2. The molecule has 0 atom stereocenters. The first-order valence-electron chi connectivity index (χ1n) is 6.23. The van der Waals surface area contributed by atoms with Crippen molar-refractivity contribution < 1.29 is 23.1 Å². The van der Waals surface area contributed by atoms with E-state index in [1.54, 1.807) is 26.0 Å². The molecule has 1 aromatic heterocycles. The average molecular weight is 307 g/mol. The van der Waals surface area contributed by atoms with E-state index in [1.165, 1.54) is 0 Å². The molecule has 2 N–H and O–H groups in total. The van der Waals surface area contributed by atoms with Crippen molar-refractivity contribution in [2.24, 2.45) is 5.41 Å². The Morgan fingerprint density at radius 1 is 1.45 bits per heavy atom. The highest BCUT2D eigenvalue weighted by atomic mass is 32.2. The molecular weight excluding hydrogens is 288 g/mol. The Hall–Kier alpha value is -1.08. The van der Waals surface area contributed by atoms with Crippen LogP contribution in [-0.4, -0.2) is 23.4 Å². The third-order valence-corrected chi connectivity index (χ3v) is 3.58. The fourth-order valence-electron chi connectivity index (χ4n) is 1.46. The predicted molar refractivity (Wildman–Crippen MR) is 73.7 cm³/mol. The predicted octanol–water partition coefficient (Wildman–Crippen LogP) is 3.33. The summed E-state index contributed by atoms with van der Waals surface area (Å²) in [5.74, 6) is -1.92. The fourth-order valence-corrected chi connectivity index (χ4v) is 1.90. The second-order valence-corrected chi connectivity index (χ2v) is 6.03. The van der Waals surface area contributed by atoms with E-state index in [2.05, 4.69) is 5.32 Å². The van der Waals surface area contributed by atoms with E-state index in [0.717, 1.165) is 0 Å². The molecule has 20 heavy (non-hydrogen) atoms. The molecule has 0 amide bonds. The first-order valence-corrected chi connectivity index (χ1v) is 7.27. The van der Waals surface area contributed by atoms with Gasteiger partial charge in [-0.3, -0.25) is 4.79 Å². The zero-order valence-corrected chi connectivity index (χ0v) is 12.3. The van der Waals surface area contributed by atoms with Crippen LogP contribution >= 0.6 is 11.8 Å². The van der Waals surface area contributed by atoms with Crippen LogP contribution in [-0.2, 0) is 17.1 Å². The quantitative estimate of drug-likeness (QED) is 0.685. The molecule has 0 fully saturated rings. The summed E-state index contributed by atoms with van der Waals surface area (Å²) < 4.78 is 29.4. The molecule has 1 heterocycles. The lowest BCUT2D eigenvalue weighted by Crippen LogP contribution is -2.28. The molecule has 1 aromatic rings. The van der Waals surface area contributed by atoms with Gasteiger partial charge < -0.3 is 14.8 Å². The molecule has 0 bridgehead atoms. The second kappa shape index (κ2) is 7.64. The van der Waals surface area contributed by atoms with Crippen LogP contribution in [0.1, 0.15) is 31.8 Å². The molecule has 0 spiro atoms. The lowest BCUT2D eigenvalue weighted by atomic mass is 9.90. The van der Waals surface area contributed by atoms with Gasteiger partial charge in [-0.05, 0) is 38.9 Å². The number of hydrogen-bond donors (Lipinski definition) is 2. The van der Waals surface area contributed by atoms with Crippen LogP contribution in [0.2, 0.25) is 0 Å². The highest BCUT2D eigenvalue weighted by Gasteiger charge is 2.26. The Kier molecular flexibility index (Phi) is 6.48. The zero-order chi connectivity index (χ0) is 15.2. The molecule has 0 aliphatic carbocycles. The summed E-state index contributed by atoms with van der Waals surface area (Å²) >= 11 is 0.520. The van der Waals surface area contributed by atoms with Gasteiger partial charge in [0.25, 0.3) is 5.76 Å². The van der Waals surface area contributed by atoms with Gasteiger partial charge in [0.2, 0.25) is 0 Å². The SMILES string of the molecule is CC(C)(CCNCc1ccc(CSC(F)F)o1)C(=O)O. The summed E-state index contributed by atoms with van der Waals surface area (Å²) in [5.41, 5.74) is -0.769. The molecule has 0 aliphatic heterocycles. The number of nitrogens with one attached hydrogen (secondary N) is 1. The van der Waals surface area contributed by atoms with Crippen LogP contribution in [0.15, 0.2) is 16.5 Å². The van der Waals surface area contributed by atoms with Crippen molar-refractivity contribution in [3.05, 3.63) is 23.7 Å². The molecule has 0 aliphatic rings. The number of aliphatic carboxylic acids is 1. The largest absolute Gasteiger partial charge is 0.481 e. The molecule has 0 radical (unpaired) electrons. The first-order chi connectivity index (χ1) is 9.31. The van der Waals surface area contributed by atoms with Crippen molar-refractivity contribution in [2.45, 2.75) is 38.3 Å². The number of carboxylic acid groups (broad SMARTS) is 1. The highest BCUT2D eigenvalue weighted by molar-refractivity contribution is 7.98. The summed E-state index contributed by atoms with van der Waals surface area (Å²) in [4.78, 5) is 10.9. The number of rotatable bonds is 9. The van der Waals surface area contributed by atoms with Crippen LogP contribution in [0.3, 0.4) is 0 Å². The number of furan rings is 1. The van der Waals surface area contributed by atoms with Gasteiger partial charge in [0, 0.05) is 0 Å². The van der Waals surface area contributed by atoms with Crippen molar-refractivity contribution in [1.29, 1.82) is 0 Å². The Morgan fingerprint density at radius 3 is 2.70 bits per heavy atom. The smallest absolute Gasteiger partial charge is 0.309 e. The van der Waals surface area contributed by atoms with E-state index >= 15 is 0 Å². The Morgan fingerprint density at radius 2 is 2.10 bits per heavy atom. The van der Waals surface area contributed by atoms with Crippen LogP contribution in [0.5, 0.6) is 0 Å². The van der Waals surface area contributed by atoms with Crippen LogP contribution in [0.4, 0.5) is 8.78 Å². The normalized spacial score (nSPS) is 12.1. The van der Waals surface area contributed by atoms with Crippen molar-refractivity contribution in [1.82, 2.24) is 5.32 Å². The third kappa shape index (κ3) is 5.92. The summed E-state index contributed by atoms with van der Waals surface area (Å²) in [6.45, 7) is 4.34. The molecule has 0 saturated carbocycles. The molecule has 4 nitrogen and oxygen atoms in total. The number of alkyl halides is 2. The number of carboxylic acids is 1. The van der Waals surface area contributed by atoms with E-state index in [0.29, 0.717) is 42.8 Å². The summed E-state index contributed by atoms with van der Waals surface area (Å²) in [6.07, 6.45) is 0.497. The van der Waals surface area contributed by atoms with Gasteiger partial charge in [-0.15, -0.1) is 0 Å². The van der Waals surface area contributed by atoms with Gasteiger partial charge in [0.05, 0.1) is 17.7 Å². The number of thioether (sulfide) groups is 1. The molecular formula is C13H19F2NO3S. The highest BCUT2D eigenvalue weighted by Crippen LogP contribution is 2.21. The van der Waals surface area contributed by atoms with E-state index in [9.17, 15) is 13.6 Å². The van der Waals surface area contributed by atoms with Gasteiger partial charge in [0.15, 0.2) is 0 Å². The van der Waals surface area contributed by atoms with Gasteiger partial charge in [-0.1, -0.05) is 11.8 Å². The molecule has 0 unspecified atom stereocenters. The fraction of sp³-hybridized carbons (Fsp3) is 0.615. The van der Waals surface area contributed by atoms with E-state index in [4.69, 9.17) is 9.52 Å². The van der Waals surface area contributed by atoms with E-state index in [1.807, 2.05) is 0 Å². The third-order valence-electron chi connectivity index (χ3n) is 2.87. The monoisotopic (exact) mass is 307 g/mol. The Balaban J connectivity index is 2.27.